The van der Waals surface area contributed by atoms with Gasteiger partial charge < -0.3 is 15.2 Å². The van der Waals surface area contributed by atoms with E-state index in [4.69, 9.17) is 15.2 Å². The average Bonchev–Trinajstić information content (AvgIpc) is 3.20. The number of hydrogen-bond acceptors (Lipinski definition) is 8. The molecule has 25 heavy (non-hydrogen) atoms. The molecule has 8 nitrogen and oxygen atoms in total. The number of thiophene rings is 1. The lowest BCUT2D eigenvalue weighted by molar-refractivity contribution is 0.0515. The lowest BCUT2D eigenvalue weighted by atomic mass is 10.1. The topological polar surface area (TPSA) is 120 Å². The number of nitrogen functional groups attached to an aromatic ring is 1. The summed E-state index contributed by atoms with van der Waals surface area (Å²) in [4.78, 5) is 24.3. The molecular formula is C16H16N4O4S. The first-order valence-electron chi connectivity index (χ1n) is 7.64. The van der Waals surface area contributed by atoms with Gasteiger partial charge >= 0.3 is 11.9 Å². The Morgan fingerprint density at radius 3 is 2.60 bits per heavy atom. The number of benzene rings is 1. The summed E-state index contributed by atoms with van der Waals surface area (Å²) in [5.74, 6) is -1.01. The predicted octanol–water partition coefficient (Wildman–Crippen LogP) is 2.62. The Hall–Kier alpha value is -2.94. The number of aromatic amines is 1. The molecule has 0 amide bonds. The standard InChI is InChI=1S/C16H16N4O4S/c1-3-23-15(21)13-12(18-20-19-13)8-5-6-10-9(7-8)11(17)14(25-10)16(22)24-4-2/h5-7H,3-4,17H2,1-2H3,(H,18,19,20). The van der Waals surface area contributed by atoms with Crippen molar-refractivity contribution in [3.63, 3.8) is 0 Å². The van der Waals surface area contributed by atoms with E-state index >= 15 is 0 Å². The molecule has 0 aliphatic heterocycles. The molecule has 0 unspecified atom stereocenters. The van der Waals surface area contributed by atoms with Crippen molar-refractivity contribution in [3.05, 3.63) is 28.8 Å². The van der Waals surface area contributed by atoms with E-state index in [0.717, 1.165) is 4.70 Å². The van der Waals surface area contributed by atoms with Gasteiger partial charge in [-0.2, -0.15) is 10.3 Å². The molecule has 3 N–H and O–H groups in total. The third-order valence-corrected chi connectivity index (χ3v) is 4.64. The summed E-state index contributed by atoms with van der Waals surface area (Å²) in [7, 11) is 0. The summed E-state index contributed by atoms with van der Waals surface area (Å²) in [6.07, 6.45) is 0. The number of carbonyl (C=O) groups excluding carboxylic acids is 2. The molecule has 0 spiro atoms. The molecule has 3 aromatic rings. The molecule has 2 heterocycles. The Morgan fingerprint density at radius 2 is 1.88 bits per heavy atom. The number of nitrogens with zero attached hydrogens (tertiary/aromatic N) is 2. The first-order valence-corrected chi connectivity index (χ1v) is 8.45. The van der Waals surface area contributed by atoms with Crippen LogP contribution in [0.1, 0.15) is 34.0 Å². The molecule has 0 aliphatic carbocycles. The normalized spacial score (nSPS) is 10.8. The quantitative estimate of drug-likeness (QED) is 0.671. The van der Waals surface area contributed by atoms with Gasteiger partial charge in [-0.25, -0.2) is 9.59 Å². The van der Waals surface area contributed by atoms with Crippen molar-refractivity contribution in [2.24, 2.45) is 0 Å². The lowest BCUT2D eigenvalue weighted by Gasteiger charge is -2.02. The van der Waals surface area contributed by atoms with Crippen LogP contribution in [0.25, 0.3) is 21.3 Å². The number of H-pyrrole nitrogens is 1. The number of anilines is 1. The number of hydrogen-bond donors (Lipinski definition) is 2. The molecule has 0 radical (unpaired) electrons. The SMILES string of the molecule is CCOC(=O)c1n[nH]nc1-c1ccc2sc(C(=O)OCC)c(N)c2c1. The van der Waals surface area contributed by atoms with Gasteiger partial charge in [0, 0.05) is 15.6 Å². The van der Waals surface area contributed by atoms with E-state index in [1.54, 1.807) is 26.0 Å². The van der Waals surface area contributed by atoms with Gasteiger partial charge in [-0.05, 0) is 26.0 Å². The number of carbonyl (C=O) groups is 2. The Bertz CT molecular complexity index is 947. The highest BCUT2D eigenvalue weighted by Gasteiger charge is 2.21. The minimum atomic E-state index is -0.558. The van der Waals surface area contributed by atoms with Crippen LogP contribution in [0.5, 0.6) is 0 Å². The van der Waals surface area contributed by atoms with Crippen LogP contribution in [0.4, 0.5) is 5.69 Å². The largest absolute Gasteiger partial charge is 0.462 e. The predicted molar refractivity (Wildman–Crippen MR) is 93.5 cm³/mol. The number of ether oxygens (including phenoxy) is 2. The maximum absolute atomic E-state index is 12.0. The minimum absolute atomic E-state index is 0.0978. The summed E-state index contributed by atoms with van der Waals surface area (Å²) >= 11 is 1.26. The second kappa shape index (κ2) is 6.89. The monoisotopic (exact) mass is 360 g/mol. The Labute approximate surface area is 146 Å². The van der Waals surface area contributed by atoms with Gasteiger partial charge in [-0.3, -0.25) is 0 Å². The highest BCUT2D eigenvalue weighted by atomic mass is 32.1. The molecule has 0 fully saturated rings. The summed E-state index contributed by atoms with van der Waals surface area (Å²) in [6.45, 7) is 3.97. The van der Waals surface area contributed by atoms with Crippen molar-refractivity contribution in [1.29, 1.82) is 0 Å². The molecule has 0 saturated heterocycles. The molecule has 1 aromatic carbocycles. The summed E-state index contributed by atoms with van der Waals surface area (Å²) in [6, 6.07) is 5.37. The van der Waals surface area contributed by atoms with E-state index in [-0.39, 0.29) is 18.9 Å². The molecule has 2 aromatic heterocycles. The highest BCUT2D eigenvalue weighted by molar-refractivity contribution is 7.21. The molecule has 0 saturated carbocycles. The molecule has 0 aliphatic rings. The second-order valence-electron chi connectivity index (χ2n) is 5.02. The van der Waals surface area contributed by atoms with Crippen molar-refractivity contribution in [1.82, 2.24) is 15.4 Å². The van der Waals surface area contributed by atoms with Gasteiger partial charge in [0.1, 0.15) is 10.6 Å². The van der Waals surface area contributed by atoms with E-state index in [0.29, 0.717) is 27.2 Å². The van der Waals surface area contributed by atoms with Crippen LogP contribution in [-0.4, -0.2) is 40.6 Å². The van der Waals surface area contributed by atoms with Gasteiger partial charge in [-0.15, -0.1) is 16.4 Å². The van der Waals surface area contributed by atoms with E-state index in [9.17, 15) is 9.59 Å². The molecule has 0 atom stereocenters. The van der Waals surface area contributed by atoms with E-state index in [1.807, 2.05) is 6.07 Å². The van der Waals surface area contributed by atoms with Crippen molar-refractivity contribution < 1.29 is 19.1 Å². The Kier molecular flexibility index (Phi) is 4.66. The van der Waals surface area contributed by atoms with Gasteiger partial charge in [-0.1, -0.05) is 6.07 Å². The number of rotatable bonds is 5. The average molecular weight is 360 g/mol. The molecule has 0 bridgehead atoms. The fourth-order valence-corrected chi connectivity index (χ4v) is 3.38. The van der Waals surface area contributed by atoms with Crippen LogP contribution in [0.15, 0.2) is 18.2 Å². The van der Waals surface area contributed by atoms with Crippen LogP contribution < -0.4 is 5.73 Å². The molecule has 3 rings (SSSR count). The number of esters is 2. The van der Waals surface area contributed by atoms with Crippen LogP contribution in [0.3, 0.4) is 0 Å². The minimum Gasteiger partial charge on any atom is -0.462 e. The second-order valence-corrected chi connectivity index (χ2v) is 6.07. The molecule has 130 valence electrons. The van der Waals surface area contributed by atoms with Crippen molar-refractivity contribution in [2.45, 2.75) is 13.8 Å². The summed E-state index contributed by atoms with van der Waals surface area (Å²) < 4.78 is 10.8. The van der Waals surface area contributed by atoms with Crippen LogP contribution in [0.2, 0.25) is 0 Å². The maximum Gasteiger partial charge on any atom is 0.361 e. The van der Waals surface area contributed by atoms with Gasteiger partial charge in [0.2, 0.25) is 0 Å². The zero-order valence-corrected chi connectivity index (χ0v) is 14.5. The number of fused-ring (bicyclic) bond motifs is 1. The van der Waals surface area contributed by atoms with Crippen LogP contribution >= 0.6 is 11.3 Å². The number of nitrogens with two attached hydrogens (primary N) is 1. The first-order chi connectivity index (χ1) is 12.1. The number of nitrogens with one attached hydrogen (secondary N) is 1. The fraction of sp³-hybridized carbons (Fsp3) is 0.250. The maximum atomic E-state index is 12.0. The van der Waals surface area contributed by atoms with Gasteiger partial charge in [0.25, 0.3) is 0 Å². The van der Waals surface area contributed by atoms with E-state index in [1.165, 1.54) is 11.3 Å². The zero-order valence-electron chi connectivity index (χ0n) is 13.7. The van der Waals surface area contributed by atoms with Crippen molar-refractivity contribution >= 4 is 39.0 Å². The van der Waals surface area contributed by atoms with Crippen LogP contribution in [0, 0.1) is 0 Å². The highest BCUT2D eigenvalue weighted by Crippen LogP contribution is 2.36. The Morgan fingerprint density at radius 1 is 1.16 bits per heavy atom. The van der Waals surface area contributed by atoms with Gasteiger partial charge in [0.15, 0.2) is 5.69 Å². The zero-order chi connectivity index (χ0) is 18.0. The van der Waals surface area contributed by atoms with Crippen LogP contribution in [-0.2, 0) is 9.47 Å². The molecular weight excluding hydrogens is 344 g/mol. The Balaban J connectivity index is 2.05. The first kappa shape index (κ1) is 16.9. The smallest absolute Gasteiger partial charge is 0.361 e. The third-order valence-electron chi connectivity index (χ3n) is 3.48. The van der Waals surface area contributed by atoms with E-state index < -0.39 is 11.9 Å². The van der Waals surface area contributed by atoms with Crippen molar-refractivity contribution in [3.8, 4) is 11.3 Å². The van der Waals surface area contributed by atoms with Crippen molar-refractivity contribution in [2.75, 3.05) is 18.9 Å². The lowest BCUT2D eigenvalue weighted by Crippen LogP contribution is -2.06. The van der Waals surface area contributed by atoms with Gasteiger partial charge in [0.05, 0.1) is 18.9 Å². The molecule has 9 heteroatoms. The summed E-state index contributed by atoms with van der Waals surface area (Å²) in [5.41, 5.74) is 7.57. The number of aromatic nitrogens is 3. The fourth-order valence-electron chi connectivity index (χ4n) is 2.39. The summed E-state index contributed by atoms with van der Waals surface area (Å²) in [5, 5.41) is 11.0. The third kappa shape index (κ3) is 3.05. The van der Waals surface area contributed by atoms with E-state index in [2.05, 4.69) is 15.4 Å².